The molecule has 3 atom stereocenters. The molecule has 2 aliphatic rings. The minimum atomic E-state index is -0.762. The van der Waals surface area contributed by atoms with Crippen molar-refractivity contribution in [3.05, 3.63) is 84.3 Å². The minimum absolute atomic E-state index is 0.154. The normalized spacial score (nSPS) is 19.5. The molecule has 51 heavy (non-hydrogen) atoms. The summed E-state index contributed by atoms with van der Waals surface area (Å²) < 4.78 is 12.0. The number of likely N-dealkylation sites (tertiary alicyclic amines) is 1. The van der Waals surface area contributed by atoms with Gasteiger partial charge >= 0.3 is 0 Å². The highest BCUT2D eigenvalue weighted by Gasteiger charge is 2.31. The maximum absolute atomic E-state index is 13.6. The summed E-state index contributed by atoms with van der Waals surface area (Å²) in [5.41, 5.74) is 3.86. The van der Waals surface area contributed by atoms with Crippen LogP contribution >= 0.6 is 0 Å². The molecule has 1 aliphatic carbocycles. The molecule has 3 heterocycles. The molecule has 3 N–H and O–H groups in total. The maximum Gasteiger partial charge on any atom is 0.287 e. The van der Waals surface area contributed by atoms with Gasteiger partial charge in [-0.3, -0.25) is 14.6 Å². The largest absolute Gasteiger partial charge is 0.494 e. The van der Waals surface area contributed by atoms with Gasteiger partial charge in [-0.2, -0.15) is 0 Å². The molecule has 0 bridgehead atoms. The van der Waals surface area contributed by atoms with Gasteiger partial charge in [-0.15, -0.1) is 0 Å². The molecule has 1 saturated carbocycles. The Bertz CT molecular complexity index is 1720. The van der Waals surface area contributed by atoms with Crippen LogP contribution in [0.15, 0.2) is 77.3 Å². The summed E-state index contributed by atoms with van der Waals surface area (Å²) in [6.45, 7) is 6.84. The van der Waals surface area contributed by atoms with E-state index < -0.39 is 24.1 Å². The molecular formula is C42H54N4O5. The Morgan fingerprint density at radius 1 is 1.00 bits per heavy atom. The van der Waals surface area contributed by atoms with Gasteiger partial charge in [-0.05, 0) is 98.5 Å². The van der Waals surface area contributed by atoms with Gasteiger partial charge in [0.05, 0.1) is 24.4 Å². The molecule has 9 heteroatoms. The van der Waals surface area contributed by atoms with Gasteiger partial charge in [0.2, 0.25) is 5.91 Å². The smallest absolute Gasteiger partial charge is 0.287 e. The maximum atomic E-state index is 13.6. The van der Waals surface area contributed by atoms with Gasteiger partial charge in [-0.25, -0.2) is 0 Å². The highest BCUT2D eigenvalue weighted by Crippen LogP contribution is 2.28. The number of nitrogens with zero attached hydrogens (tertiary/aromatic N) is 2. The second-order valence-electron chi connectivity index (χ2n) is 14.9. The van der Waals surface area contributed by atoms with Gasteiger partial charge in [-0.1, -0.05) is 70.2 Å². The average Bonchev–Trinajstić information content (AvgIpc) is 3.49. The molecule has 2 fully saturated rings. The van der Waals surface area contributed by atoms with E-state index in [-0.39, 0.29) is 17.6 Å². The van der Waals surface area contributed by atoms with Crippen LogP contribution in [0, 0.1) is 11.8 Å². The van der Waals surface area contributed by atoms with E-state index in [2.05, 4.69) is 44.8 Å². The number of ether oxygens (including phenoxy) is 1. The van der Waals surface area contributed by atoms with Crippen molar-refractivity contribution in [1.82, 2.24) is 20.5 Å². The first-order chi connectivity index (χ1) is 24.8. The molecule has 1 saturated heterocycles. The summed E-state index contributed by atoms with van der Waals surface area (Å²) in [5, 5.41) is 18.0. The van der Waals surface area contributed by atoms with Crippen LogP contribution in [0.25, 0.3) is 22.2 Å². The zero-order valence-electron chi connectivity index (χ0n) is 30.2. The van der Waals surface area contributed by atoms with E-state index >= 15 is 0 Å². The fourth-order valence-corrected chi connectivity index (χ4v) is 7.55. The van der Waals surface area contributed by atoms with Crippen molar-refractivity contribution in [3.8, 4) is 17.0 Å². The molecular weight excluding hydrogens is 640 g/mol. The number of carbonyl (C=O) groups is 2. The molecule has 0 radical (unpaired) electrons. The number of benzene rings is 2. The molecule has 4 aromatic rings. The quantitative estimate of drug-likeness (QED) is 0.128. The Kier molecular flexibility index (Phi) is 12.8. The summed E-state index contributed by atoms with van der Waals surface area (Å²) in [6, 6.07) is 20.5. The lowest BCUT2D eigenvalue weighted by atomic mass is 9.87. The highest BCUT2D eigenvalue weighted by molar-refractivity contribution is 5.98. The van der Waals surface area contributed by atoms with Crippen molar-refractivity contribution in [2.24, 2.45) is 11.8 Å². The van der Waals surface area contributed by atoms with E-state index in [4.69, 9.17) is 9.15 Å². The number of hydrogen-bond acceptors (Lipinski definition) is 7. The monoisotopic (exact) mass is 694 g/mol. The Morgan fingerprint density at radius 3 is 2.67 bits per heavy atom. The molecule has 2 aromatic heterocycles. The zero-order valence-corrected chi connectivity index (χ0v) is 30.2. The molecule has 2 unspecified atom stereocenters. The molecule has 9 nitrogen and oxygen atoms in total. The number of aliphatic hydroxyl groups is 1. The number of rotatable bonds is 14. The average molecular weight is 695 g/mol. The fourth-order valence-electron chi connectivity index (χ4n) is 7.55. The lowest BCUT2D eigenvalue weighted by molar-refractivity contribution is -0.125. The number of β-amino-alcohol motifs (C(OH)–C–C–N with tert-alkyl or cyclic N) is 1. The number of carbonyl (C=O) groups excluding carboxylic acids is 2. The van der Waals surface area contributed by atoms with Crippen LogP contribution in [0.1, 0.15) is 87.8 Å². The Morgan fingerprint density at radius 2 is 1.86 bits per heavy atom. The van der Waals surface area contributed by atoms with Gasteiger partial charge in [0.25, 0.3) is 5.91 Å². The van der Waals surface area contributed by atoms with Crippen molar-refractivity contribution < 1.29 is 23.8 Å². The standard InChI is InChI=1S/C42H54N4O5/c1-29(2)24-37(45-42(49)40-27-33-26-34(16-17-39(33)51-40)50-23-19-30-10-4-3-5-11-30)41(48)44-36-15-9-21-46(28-38(36)47)22-18-31-12-8-13-32(25-31)35-14-6-7-20-43-35/h6-8,12-14,16-17,20,25-27,29-30,36-38,47H,3-5,9-11,15,18-19,21-24,28H2,1-2H3,(H,44,48)(H,45,49)/t36?,37-,38?/m0/s1. The van der Waals surface area contributed by atoms with Crippen LogP contribution in [0.4, 0.5) is 0 Å². The van der Waals surface area contributed by atoms with E-state index in [1.165, 1.54) is 37.7 Å². The van der Waals surface area contributed by atoms with Crippen LogP contribution in [0.3, 0.4) is 0 Å². The molecule has 2 amide bonds. The lowest BCUT2D eigenvalue weighted by Gasteiger charge is -2.27. The van der Waals surface area contributed by atoms with Crippen molar-refractivity contribution in [3.63, 3.8) is 0 Å². The van der Waals surface area contributed by atoms with Gasteiger partial charge in [0, 0.05) is 30.2 Å². The lowest BCUT2D eigenvalue weighted by Crippen LogP contribution is -2.53. The predicted octanol–water partition coefficient (Wildman–Crippen LogP) is 7.17. The first-order valence-corrected chi connectivity index (χ1v) is 19.0. The fraction of sp³-hybridized carbons (Fsp3) is 0.500. The third-order valence-electron chi connectivity index (χ3n) is 10.4. The van der Waals surface area contributed by atoms with Gasteiger partial charge in [0.15, 0.2) is 5.76 Å². The molecule has 1 aliphatic heterocycles. The number of aromatic nitrogens is 1. The van der Waals surface area contributed by atoms with Crippen molar-refractivity contribution in [2.75, 3.05) is 26.2 Å². The third-order valence-corrected chi connectivity index (χ3v) is 10.4. The summed E-state index contributed by atoms with van der Waals surface area (Å²) in [7, 11) is 0. The molecule has 6 rings (SSSR count). The summed E-state index contributed by atoms with van der Waals surface area (Å²) in [4.78, 5) is 33.8. The van der Waals surface area contributed by atoms with Crippen LogP contribution in [-0.4, -0.2) is 71.2 Å². The number of furan rings is 1. The third kappa shape index (κ3) is 10.4. The molecule has 0 spiro atoms. The van der Waals surface area contributed by atoms with E-state index in [1.807, 2.05) is 50.2 Å². The number of fused-ring (bicyclic) bond motifs is 1. The van der Waals surface area contributed by atoms with Gasteiger partial charge in [0.1, 0.15) is 17.4 Å². The Hall–Kier alpha value is -4.21. The van der Waals surface area contributed by atoms with Crippen molar-refractivity contribution >= 4 is 22.8 Å². The number of hydrogen-bond donors (Lipinski definition) is 3. The number of pyridine rings is 1. The Labute approximate surface area is 302 Å². The Balaban J connectivity index is 1.01. The number of aliphatic hydroxyl groups excluding tert-OH is 1. The zero-order chi connectivity index (χ0) is 35.6. The van der Waals surface area contributed by atoms with Crippen LogP contribution < -0.4 is 15.4 Å². The molecule has 2 aromatic carbocycles. The van der Waals surface area contributed by atoms with Crippen molar-refractivity contribution in [2.45, 2.75) is 96.2 Å². The minimum Gasteiger partial charge on any atom is -0.494 e. The summed E-state index contributed by atoms with van der Waals surface area (Å²) >= 11 is 0. The first kappa shape index (κ1) is 36.6. The van der Waals surface area contributed by atoms with Crippen LogP contribution in [0.5, 0.6) is 5.75 Å². The second kappa shape index (κ2) is 17.8. The second-order valence-corrected chi connectivity index (χ2v) is 14.9. The summed E-state index contributed by atoms with van der Waals surface area (Å²) in [5.74, 6) is 1.11. The van der Waals surface area contributed by atoms with E-state index in [0.717, 1.165) is 60.7 Å². The van der Waals surface area contributed by atoms with Crippen molar-refractivity contribution in [1.29, 1.82) is 0 Å². The van der Waals surface area contributed by atoms with E-state index in [9.17, 15) is 14.7 Å². The van der Waals surface area contributed by atoms with E-state index in [0.29, 0.717) is 31.6 Å². The predicted molar refractivity (Wildman–Crippen MR) is 201 cm³/mol. The number of nitrogens with one attached hydrogen (secondary N) is 2. The SMILES string of the molecule is CC(C)C[C@H](NC(=O)c1cc2cc(OCCC3CCCCC3)ccc2o1)C(=O)NC1CCCN(CCc2cccc(-c3ccccn3)c2)CC1O. The van der Waals surface area contributed by atoms with Crippen LogP contribution in [0.2, 0.25) is 0 Å². The molecule has 272 valence electrons. The number of amides is 2. The van der Waals surface area contributed by atoms with Crippen LogP contribution in [-0.2, 0) is 11.2 Å². The topological polar surface area (TPSA) is 117 Å². The van der Waals surface area contributed by atoms with Gasteiger partial charge < -0.3 is 29.8 Å². The first-order valence-electron chi connectivity index (χ1n) is 19.0. The van der Waals surface area contributed by atoms with E-state index in [1.54, 1.807) is 12.3 Å². The summed E-state index contributed by atoms with van der Waals surface area (Å²) in [6.07, 6.45) is 11.6. The highest BCUT2D eigenvalue weighted by atomic mass is 16.5.